The van der Waals surface area contributed by atoms with Gasteiger partial charge in [0, 0.05) is 5.39 Å². The number of halogens is 3. The Morgan fingerprint density at radius 3 is 1.89 bits per heavy atom. The maximum Gasteiger partial charge on any atom is 0.319 e. The van der Waals surface area contributed by atoms with E-state index in [9.17, 15) is 18.0 Å². The van der Waals surface area contributed by atoms with Gasteiger partial charge in [0.15, 0.2) is 0 Å². The monoisotopic (exact) mass is 455 g/mol. The first-order valence-corrected chi connectivity index (χ1v) is 10.2. The van der Waals surface area contributed by atoms with Gasteiger partial charge in [-0.15, -0.1) is 9.35 Å². The van der Waals surface area contributed by atoms with Gasteiger partial charge in [0.05, 0.1) is 26.2 Å². The van der Waals surface area contributed by atoms with Crippen LogP contribution < -0.4 is 0 Å². The molecule has 0 N–H and O–H groups in total. The van der Waals surface area contributed by atoms with Crippen molar-refractivity contribution in [2.24, 2.45) is 0 Å². The molecule has 1 aliphatic rings. The zero-order chi connectivity index (χ0) is 20.2. The fourth-order valence-electron chi connectivity index (χ4n) is 2.91. The van der Waals surface area contributed by atoms with Gasteiger partial charge in [-0.2, -0.15) is 8.42 Å². The van der Waals surface area contributed by atoms with Crippen LogP contribution in [-0.4, -0.2) is 25.3 Å². The average molecular weight is 457 g/mol. The van der Waals surface area contributed by atoms with E-state index in [1.54, 1.807) is 24.3 Å². The average Bonchev–Trinajstić information content (AvgIpc) is 2.66. The van der Waals surface area contributed by atoms with Crippen LogP contribution in [-0.2, 0) is 14.4 Å². The van der Waals surface area contributed by atoms with E-state index in [0.29, 0.717) is 10.8 Å². The van der Waals surface area contributed by atoms with Gasteiger partial charge in [0.1, 0.15) is 4.90 Å². The number of amides is 2. The smallest absolute Gasteiger partial charge is 0.266 e. The van der Waals surface area contributed by atoms with E-state index in [0.717, 1.165) is 12.1 Å². The number of hydrogen-bond acceptors (Lipinski definition) is 5. The first-order chi connectivity index (χ1) is 13.2. The zero-order valence-corrected chi connectivity index (χ0v) is 16.7. The Kier molecular flexibility index (Phi) is 4.60. The predicted octanol–water partition coefficient (Wildman–Crippen LogP) is 4.72. The summed E-state index contributed by atoms with van der Waals surface area (Å²) in [4.78, 5) is 25.0. The van der Waals surface area contributed by atoms with Crippen molar-refractivity contribution in [2.45, 2.75) is 4.90 Å². The maximum absolute atomic E-state index is 12.8. The van der Waals surface area contributed by atoms with Crippen molar-refractivity contribution in [3.63, 3.8) is 0 Å². The highest BCUT2D eigenvalue weighted by Gasteiger charge is 2.38. The number of nitrogens with zero attached hydrogens (tertiary/aromatic N) is 1. The SMILES string of the molecule is O=C1c2cccc3cccc(c23)C(=O)N1OS(=O)(=O)c1cc(Cl)c(Cl)cc1Cl. The van der Waals surface area contributed by atoms with Crippen LogP contribution in [0.3, 0.4) is 0 Å². The van der Waals surface area contributed by atoms with E-state index in [2.05, 4.69) is 0 Å². The molecule has 0 fully saturated rings. The highest BCUT2D eigenvalue weighted by molar-refractivity contribution is 7.86. The molecule has 0 radical (unpaired) electrons. The van der Waals surface area contributed by atoms with E-state index in [-0.39, 0.29) is 31.3 Å². The summed E-state index contributed by atoms with van der Waals surface area (Å²) in [6.45, 7) is 0. The number of imide groups is 1. The first-order valence-electron chi connectivity index (χ1n) is 7.70. The molecule has 0 saturated carbocycles. The van der Waals surface area contributed by atoms with Crippen molar-refractivity contribution in [3.05, 3.63) is 74.7 Å². The molecule has 3 aromatic rings. The molecule has 0 spiro atoms. The second-order valence-corrected chi connectivity index (χ2v) is 8.56. The largest absolute Gasteiger partial charge is 0.319 e. The first kappa shape index (κ1) is 19.2. The van der Waals surface area contributed by atoms with Crippen molar-refractivity contribution >= 4 is 67.5 Å². The summed E-state index contributed by atoms with van der Waals surface area (Å²) in [6, 6.07) is 11.8. The topological polar surface area (TPSA) is 80.8 Å². The lowest BCUT2D eigenvalue weighted by molar-refractivity contribution is -0.0155. The predicted molar refractivity (Wildman–Crippen MR) is 104 cm³/mol. The molecule has 10 heteroatoms. The lowest BCUT2D eigenvalue weighted by Crippen LogP contribution is -2.41. The van der Waals surface area contributed by atoms with Gasteiger partial charge in [-0.25, -0.2) is 0 Å². The number of hydrogen-bond donors (Lipinski definition) is 0. The fraction of sp³-hybridized carbons (Fsp3) is 0. The molecule has 0 atom stereocenters. The van der Waals surface area contributed by atoms with Crippen LogP contribution in [0.25, 0.3) is 10.8 Å². The second kappa shape index (κ2) is 6.72. The molecular formula is C18H8Cl3NO5S. The summed E-state index contributed by atoms with van der Waals surface area (Å²) in [6.07, 6.45) is 0. The second-order valence-electron chi connectivity index (χ2n) is 5.84. The highest BCUT2D eigenvalue weighted by atomic mass is 35.5. The van der Waals surface area contributed by atoms with E-state index in [1.807, 2.05) is 0 Å². The summed E-state index contributed by atoms with van der Waals surface area (Å²) >= 11 is 17.6. The third-order valence-corrected chi connectivity index (χ3v) is 6.52. The van der Waals surface area contributed by atoms with E-state index < -0.39 is 26.8 Å². The Hall–Kier alpha value is -2.16. The zero-order valence-electron chi connectivity index (χ0n) is 13.6. The minimum Gasteiger partial charge on any atom is -0.266 e. The molecule has 4 rings (SSSR count). The van der Waals surface area contributed by atoms with Crippen molar-refractivity contribution in [2.75, 3.05) is 0 Å². The van der Waals surface area contributed by atoms with Gasteiger partial charge in [-0.3, -0.25) is 9.59 Å². The van der Waals surface area contributed by atoms with Gasteiger partial charge < -0.3 is 0 Å². The van der Waals surface area contributed by atoms with Crippen LogP contribution >= 0.6 is 34.8 Å². The van der Waals surface area contributed by atoms with Gasteiger partial charge in [-0.1, -0.05) is 59.1 Å². The summed E-state index contributed by atoms with van der Waals surface area (Å²) in [5.41, 5.74) is 0.284. The molecule has 1 heterocycles. The third-order valence-electron chi connectivity index (χ3n) is 4.15. The molecule has 0 unspecified atom stereocenters. The van der Waals surface area contributed by atoms with Gasteiger partial charge in [0.25, 0.3) is 11.8 Å². The minimum absolute atomic E-state index is 0.0383. The normalized spacial score (nSPS) is 14.0. The molecule has 3 aromatic carbocycles. The molecule has 0 aromatic heterocycles. The van der Waals surface area contributed by atoms with Crippen molar-refractivity contribution in [3.8, 4) is 0 Å². The molecular weight excluding hydrogens is 449 g/mol. The molecule has 0 saturated heterocycles. The summed E-state index contributed by atoms with van der Waals surface area (Å²) in [5, 5.41) is 0.993. The number of benzene rings is 3. The Labute approximate surface area is 174 Å². The molecule has 28 heavy (non-hydrogen) atoms. The van der Waals surface area contributed by atoms with Crippen LogP contribution in [0.2, 0.25) is 15.1 Å². The number of carbonyl (C=O) groups is 2. The van der Waals surface area contributed by atoms with Gasteiger partial charge in [-0.05, 0) is 29.7 Å². The van der Waals surface area contributed by atoms with Crippen molar-refractivity contribution < 1.29 is 22.3 Å². The van der Waals surface area contributed by atoms with Gasteiger partial charge >= 0.3 is 10.1 Å². The molecule has 1 aliphatic heterocycles. The number of hydroxylamine groups is 2. The van der Waals surface area contributed by atoms with E-state index in [4.69, 9.17) is 39.1 Å². The van der Waals surface area contributed by atoms with Crippen LogP contribution in [0.5, 0.6) is 0 Å². The van der Waals surface area contributed by atoms with Crippen LogP contribution in [0, 0.1) is 0 Å². The van der Waals surface area contributed by atoms with Crippen LogP contribution in [0.1, 0.15) is 20.7 Å². The lowest BCUT2D eigenvalue weighted by Gasteiger charge is -2.25. The minimum atomic E-state index is -4.66. The maximum atomic E-state index is 12.8. The summed E-state index contributed by atoms with van der Waals surface area (Å²) in [7, 11) is -4.66. The Morgan fingerprint density at radius 2 is 1.32 bits per heavy atom. The Balaban J connectivity index is 1.80. The van der Waals surface area contributed by atoms with Gasteiger partial charge in [0.2, 0.25) is 0 Å². The fourth-order valence-corrected chi connectivity index (χ4v) is 4.78. The Bertz CT molecular complexity index is 1240. The molecule has 0 aliphatic carbocycles. The Morgan fingerprint density at radius 1 is 0.786 bits per heavy atom. The van der Waals surface area contributed by atoms with Crippen molar-refractivity contribution in [1.29, 1.82) is 0 Å². The van der Waals surface area contributed by atoms with E-state index in [1.165, 1.54) is 12.1 Å². The molecule has 2 amide bonds. The van der Waals surface area contributed by atoms with Crippen molar-refractivity contribution in [1.82, 2.24) is 5.06 Å². The molecule has 142 valence electrons. The quantitative estimate of drug-likeness (QED) is 0.421. The molecule has 0 bridgehead atoms. The number of rotatable bonds is 3. The van der Waals surface area contributed by atoms with Crippen LogP contribution in [0.4, 0.5) is 0 Å². The highest BCUT2D eigenvalue weighted by Crippen LogP contribution is 2.35. The lowest BCUT2D eigenvalue weighted by atomic mass is 9.95. The standard InChI is InChI=1S/C18H8Cl3NO5S/c19-12-7-14(21)15(8-13(12)20)28(25,26)27-22-17(23)10-5-1-3-9-4-2-6-11(16(9)10)18(22)24/h1-8H. The summed E-state index contributed by atoms with van der Waals surface area (Å²) < 4.78 is 30.2. The number of carbonyl (C=O) groups excluding carboxylic acids is 2. The third kappa shape index (κ3) is 2.96. The molecule has 6 nitrogen and oxygen atoms in total. The van der Waals surface area contributed by atoms with E-state index >= 15 is 0 Å². The van der Waals surface area contributed by atoms with Crippen LogP contribution in [0.15, 0.2) is 53.4 Å². The summed E-state index contributed by atoms with van der Waals surface area (Å²) in [5.74, 6) is -1.82.